The maximum atomic E-state index is 14.0. The highest BCUT2D eigenvalue weighted by molar-refractivity contribution is 9.10. The summed E-state index contributed by atoms with van der Waals surface area (Å²) in [6.45, 7) is 10.3. The Hall–Kier alpha value is -3.85. The fraction of sp³-hybridized carbons (Fsp3) is 0.344. The molecule has 2 amide bonds. The lowest BCUT2D eigenvalue weighted by molar-refractivity contribution is 0.205. The van der Waals surface area contributed by atoms with Gasteiger partial charge in [-0.3, -0.25) is 9.36 Å². The molecule has 1 unspecified atom stereocenters. The Morgan fingerprint density at radius 2 is 1.59 bits per heavy atom. The molecule has 8 nitrogen and oxygen atoms in total. The van der Waals surface area contributed by atoms with Crippen LogP contribution in [-0.2, 0) is 0 Å². The first-order valence-electron chi connectivity index (χ1n) is 13.6. The predicted octanol–water partition coefficient (Wildman–Crippen LogP) is 7.64. The normalized spacial score (nSPS) is 12.1. The molecule has 0 fully saturated rings. The van der Waals surface area contributed by atoms with E-state index in [9.17, 15) is 9.59 Å². The number of hydrogen-bond donors (Lipinski definition) is 1. The molecule has 1 atom stereocenters. The third kappa shape index (κ3) is 5.81. The number of amides is 2. The van der Waals surface area contributed by atoms with E-state index in [4.69, 9.17) is 14.5 Å². The van der Waals surface area contributed by atoms with Crippen LogP contribution in [0.4, 0.5) is 10.5 Å². The van der Waals surface area contributed by atoms with Gasteiger partial charge in [-0.2, -0.15) is 0 Å². The third-order valence-electron chi connectivity index (χ3n) is 7.37. The van der Waals surface area contributed by atoms with Crippen molar-refractivity contribution in [2.45, 2.75) is 52.5 Å². The number of rotatable bonds is 8. The van der Waals surface area contributed by atoms with Crippen LogP contribution in [0, 0.1) is 0 Å². The monoisotopic (exact) mass is 620 g/mol. The molecule has 1 heterocycles. The Balaban J connectivity index is 1.87. The first-order valence-corrected chi connectivity index (χ1v) is 14.4. The van der Waals surface area contributed by atoms with Crippen molar-refractivity contribution >= 4 is 38.6 Å². The van der Waals surface area contributed by atoms with Crippen LogP contribution < -0.4 is 20.3 Å². The van der Waals surface area contributed by atoms with E-state index in [1.165, 1.54) is 4.57 Å². The highest BCUT2D eigenvalue weighted by Crippen LogP contribution is 2.37. The molecule has 41 heavy (non-hydrogen) atoms. The second kappa shape index (κ2) is 12.3. The first kappa shape index (κ1) is 30.1. The minimum Gasteiger partial charge on any atom is -0.497 e. The molecule has 4 aromatic rings. The second-order valence-electron chi connectivity index (χ2n) is 10.6. The van der Waals surface area contributed by atoms with Gasteiger partial charge >= 0.3 is 6.03 Å². The van der Waals surface area contributed by atoms with Gasteiger partial charge in [0.1, 0.15) is 17.3 Å². The molecule has 0 radical (unpaired) electrons. The summed E-state index contributed by atoms with van der Waals surface area (Å²) in [4.78, 5) is 34.3. The average Bonchev–Trinajstić information content (AvgIpc) is 2.96. The van der Waals surface area contributed by atoms with Crippen LogP contribution in [-0.4, -0.2) is 41.7 Å². The number of anilines is 1. The Kier molecular flexibility index (Phi) is 9.07. The van der Waals surface area contributed by atoms with Gasteiger partial charge in [-0.15, -0.1) is 0 Å². The number of ether oxygens (including phenoxy) is 2. The van der Waals surface area contributed by atoms with Gasteiger partial charge in [-0.1, -0.05) is 58.0 Å². The number of para-hydroxylation sites is 2. The summed E-state index contributed by atoms with van der Waals surface area (Å²) >= 11 is 3.62. The van der Waals surface area contributed by atoms with Crippen molar-refractivity contribution in [3.8, 4) is 17.2 Å². The summed E-state index contributed by atoms with van der Waals surface area (Å²) < 4.78 is 13.1. The molecule has 0 aliphatic heterocycles. The Morgan fingerprint density at radius 1 is 0.951 bits per heavy atom. The molecule has 0 saturated carbocycles. The van der Waals surface area contributed by atoms with Crippen molar-refractivity contribution in [1.82, 2.24) is 14.5 Å². The molecule has 9 heteroatoms. The van der Waals surface area contributed by atoms with Crippen LogP contribution in [0.15, 0.2) is 63.9 Å². The molecule has 0 spiro atoms. The quantitative estimate of drug-likeness (QED) is 0.219. The van der Waals surface area contributed by atoms with E-state index in [0.717, 1.165) is 16.8 Å². The number of halogens is 1. The first-order chi connectivity index (χ1) is 19.5. The summed E-state index contributed by atoms with van der Waals surface area (Å²) in [6.07, 6.45) is 0. The van der Waals surface area contributed by atoms with Crippen molar-refractivity contribution in [3.63, 3.8) is 0 Å². The molecule has 0 aliphatic rings. The van der Waals surface area contributed by atoms with E-state index in [1.54, 1.807) is 56.5 Å². The van der Waals surface area contributed by atoms with Gasteiger partial charge in [0.2, 0.25) is 0 Å². The van der Waals surface area contributed by atoms with Crippen LogP contribution in [0.3, 0.4) is 0 Å². The fourth-order valence-electron chi connectivity index (χ4n) is 4.89. The lowest BCUT2D eigenvalue weighted by atomic mass is 9.93. The van der Waals surface area contributed by atoms with E-state index in [0.29, 0.717) is 38.4 Å². The Morgan fingerprint density at radius 3 is 2.17 bits per heavy atom. The summed E-state index contributed by atoms with van der Waals surface area (Å²) in [6, 6.07) is 15.9. The highest BCUT2D eigenvalue weighted by Gasteiger charge is 2.27. The van der Waals surface area contributed by atoms with Crippen molar-refractivity contribution in [2.24, 2.45) is 0 Å². The van der Waals surface area contributed by atoms with Gasteiger partial charge in [0.05, 0.1) is 41.3 Å². The molecular weight excluding hydrogens is 584 g/mol. The fourth-order valence-corrected chi connectivity index (χ4v) is 5.46. The van der Waals surface area contributed by atoms with Gasteiger partial charge in [0.25, 0.3) is 5.56 Å². The molecule has 4 rings (SSSR count). The summed E-state index contributed by atoms with van der Waals surface area (Å²) in [5, 5.41) is 3.63. The number of aromatic nitrogens is 2. The third-order valence-corrected chi connectivity index (χ3v) is 8.17. The van der Waals surface area contributed by atoms with Crippen LogP contribution in [0.5, 0.6) is 11.5 Å². The number of urea groups is 1. The summed E-state index contributed by atoms with van der Waals surface area (Å²) in [7, 11) is 4.81. The summed E-state index contributed by atoms with van der Waals surface area (Å²) in [5.74, 6) is 1.84. The van der Waals surface area contributed by atoms with Crippen molar-refractivity contribution < 1.29 is 14.3 Å². The van der Waals surface area contributed by atoms with Crippen molar-refractivity contribution in [3.05, 3.63) is 86.4 Å². The van der Waals surface area contributed by atoms with E-state index in [-0.39, 0.29) is 23.4 Å². The molecule has 0 aliphatic carbocycles. The zero-order valence-electron chi connectivity index (χ0n) is 24.8. The number of carbonyl (C=O) groups excluding carboxylic acids is 1. The zero-order chi connectivity index (χ0) is 30.0. The van der Waals surface area contributed by atoms with E-state index in [1.807, 2.05) is 31.2 Å². The number of nitrogens with zero attached hydrogens (tertiary/aromatic N) is 3. The topological polar surface area (TPSA) is 85.7 Å². The number of methoxy groups -OCH3 is 2. The highest BCUT2D eigenvalue weighted by atomic mass is 79.9. The molecule has 216 valence electrons. The molecule has 0 bridgehead atoms. The molecular formula is C32H37BrN4O4. The van der Waals surface area contributed by atoms with Gasteiger partial charge in [-0.05, 0) is 57.9 Å². The van der Waals surface area contributed by atoms with Gasteiger partial charge in [0.15, 0.2) is 0 Å². The minimum absolute atomic E-state index is 0.222. The standard InChI is InChI=1S/C32H37BrN4O4/c1-18(2)22-13-11-14-23(19(3)4)29(22)35-32(39)36(6)20(5)30-34-25-15-10-9-12-24(25)31(38)37(30)26-16-21(40-7)17-27(41-8)28(26)33/h9-20H,1-8H3,(H,35,39). The lowest BCUT2D eigenvalue weighted by Gasteiger charge is -2.29. The van der Waals surface area contributed by atoms with Gasteiger partial charge in [-0.25, -0.2) is 9.78 Å². The minimum atomic E-state index is -0.592. The number of carbonyl (C=O) groups is 1. The SMILES string of the molecule is COc1cc(OC)c(Br)c(-n2c(C(C)N(C)C(=O)Nc3c(C(C)C)cccc3C(C)C)nc3ccccc3c2=O)c1. The zero-order valence-corrected chi connectivity index (χ0v) is 26.4. The largest absolute Gasteiger partial charge is 0.497 e. The number of hydrogen-bond acceptors (Lipinski definition) is 5. The summed E-state index contributed by atoms with van der Waals surface area (Å²) in [5.41, 5.74) is 3.73. The Labute approximate surface area is 249 Å². The molecule has 1 N–H and O–H groups in total. The van der Waals surface area contributed by atoms with E-state index in [2.05, 4.69) is 48.9 Å². The maximum Gasteiger partial charge on any atom is 0.322 e. The Bertz CT molecular complexity index is 1620. The van der Waals surface area contributed by atoms with E-state index >= 15 is 0 Å². The van der Waals surface area contributed by atoms with Crippen LogP contribution >= 0.6 is 15.9 Å². The van der Waals surface area contributed by atoms with Crippen LogP contribution in [0.25, 0.3) is 16.6 Å². The van der Waals surface area contributed by atoms with E-state index < -0.39 is 6.04 Å². The number of benzene rings is 3. The molecule has 3 aromatic carbocycles. The molecule has 0 saturated heterocycles. The predicted molar refractivity (Wildman–Crippen MR) is 168 cm³/mol. The molecule has 1 aromatic heterocycles. The smallest absolute Gasteiger partial charge is 0.322 e. The lowest BCUT2D eigenvalue weighted by Crippen LogP contribution is -2.37. The van der Waals surface area contributed by atoms with Gasteiger partial charge in [0, 0.05) is 24.9 Å². The number of fused-ring (bicyclic) bond motifs is 1. The van der Waals surface area contributed by atoms with Crippen LogP contribution in [0.1, 0.15) is 69.4 Å². The number of nitrogens with one attached hydrogen (secondary N) is 1. The van der Waals surface area contributed by atoms with Gasteiger partial charge < -0.3 is 19.7 Å². The van der Waals surface area contributed by atoms with Crippen LogP contribution in [0.2, 0.25) is 0 Å². The van der Waals surface area contributed by atoms with Crippen molar-refractivity contribution in [1.29, 1.82) is 0 Å². The maximum absolute atomic E-state index is 14.0. The average molecular weight is 622 g/mol. The second-order valence-corrected chi connectivity index (χ2v) is 11.4. The van der Waals surface area contributed by atoms with Crippen molar-refractivity contribution in [2.75, 3.05) is 26.6 Å².